The number of non-ortho nitro benzene ring substituents is 1. The van der Waals surface area contributed by atoms with Gasteiger partial charge in [-0.1, -0.05) is 6.07 Å². The van der Waals surface area contributed by atoms with Crippen molar-refractivity contribution in [2.24, 2.45) is 5.10 Å². The van der Waals surface area contributed by atoms with Crippen LogP contribution in [0.5, 0.6) is 11.5 Å². The third-order valence-electron chi connectivity index (χ3n) is 4.25. The fourth-order valence-corrected chi connectivity index (χ4v) is 4.80. The number of nitro groups is 1. The van der Waals surface area contributed by atoms with E-state index in [0.29, 0.717) is 11.1 Å². The molecular weight excluding hydrogens is 645 g/mol. The van der Waals surface area contributed by atoms with Crippen LogP contribution in [0.1, 0.15) is 15.9 Å². The number of hydrogen-bond donors (Lipinski definition) is 1. The Morgan fingerprint density at radius 1 is 1.18 bits per heavy atom. The van der Waals surface area contributed by atoms with Crippen LogP contribution < -0.4 is 14.3 Å². The molecule has 3 aromatic carbocycles. The quantitative estimate of drug-likeness (QED) is 0.124. The van der Waals surface area contributed by atoms with Crippen LogP contribution in [-0.4, -0.2) is 32.6 Å². The zero-order valence-electron chi connectivity index (χ0n) is 17.3. The van der Waals surface area contributed by atoms with Crippen LogP contribution >= 0.6 is 38.5 Å². The number of amides is 1. The maximum atomic E-state index is 12.7. The Balaban J connectivity index is 1.79. The van der Waals surface area contributed by atoms with E-state index in [-0.39, 0.29) is 26.6 Å². The minimum atomic E-state index is -4.31. The van der Waals surface area contributed by atoms with Gasteiger partial charge in [0.25, 0.3) is 11.6 Å². The van der Waals surface area contributed by atoms with Gasteiger partial charge in [-0.3, -0.25) is 14.9 Å². The SMILES string of the molecule is COc1cc(/C=N/NC(=O)c2cccc(I)c2)cc(Br)c1OS(=O)(=O)c1ccc([N+](=O)[O-])cc1. The first-order chi connectivity index (χ1) is 16.1. The van der Waals surface area contributed by atoms with Gasteiger partial charge in [0.05, 0.1) is 22.7 Å². The Morgan fingerprint density at radius 2 is 1.88 bits per heavy atom. The Morgan fingerprint density at radius 3 is 2.50 bits per heavy atom. The first kappa shape index (κ1) is 25.6. The number of nitrogens with one attached hydrogen (secondary N) is 1. The molecule has 176 valence electrons. The van der Waals surface area contributed by atoms with Crippen LogP contribution in [0.15, 0.2) is 75.1 Å². The van der Waals surface area contributed by atoms with Gasteiger partial charge in [0.1, 0.15) is 4.90 Å². The third-order valence-corrected chi connectivity index (χ3v) is 6.74. The smallest absolute Gasteiger partial charge is 0.339 e. The lowest BCUT2D eigenvalue weighted by Crippen LogP contribution is -2.17. The molecule has 0 heterocycles. The Labute approximate surface area is 216 Å². The van der Waals surface area contributed by atoms with Crippen LogP contribution in [0.3, 0.4) is 0 Å². The molecule has 1 N–H and O–H groups in total. The van der Waals surface area contributed by atoms with Crippen molar-refractivity contribution in [1.82, 2.24) is 5.43 Å². The maximum absolute atomic E-state index is 12.7. The van der Waals surface area contributed by atoms with Crippen molar-refractivity contribution in [3.63, 3.8) is 0 Å². The van der Waals surface area contributed by atoms with E-state index in [4.69, 9.17) is 8.92 Å². The molecule has 0 saturated carbocycles. The summed E-state index contributed by atoms with van der Waals surface area (Å²) >= 11 is 5.35. The van der Waals surface area contributed by atoms with Crippen molar-refractivity contribution in [2.45, 2.75) is 4.90 Å². The highest BCUT2D eigenvalue weighted by molar-refractivity contribution is 14.1. The van der Waals surface area contributed by atoms with Crippen LogP contribution in [-0.2, 0) is 10.1 Å². The first-order valence-electron chi connectivity index (χ1n) is 9.26. The molecule has 10 nitrogen and oxygen atoms in total. The fourth-order valence-electron chi connectivity index (χ4n) is 2.65. The van der Waals surface area contributed by atoms with Crippen LogP contribution in [0.2, 0.25) is 0 Å². The average Bonchev–Trinajstić information content (AvgIpc) is 2.80. The molecule has 1 amide bonds. The molecule has 3 aromatic rings. The summed E-state index contributed by atoms with van der Waals surface area (Å²) in [6.07, 6.45) is 1.35. The van der Waals surface area contributed by atoms with E-state index in [9.17, 15) is 23.3 Å². The summed E-state index contributed by atoms with van der Waals surface area (Å²) in [5.41, 5.74) is 3.09. The molecule has 0 aromatic heterocycles. The maximum Gasteiger partial charge on any atom is 0.339 e. The standard InChI is InChI=1S/C21H15BrIN3O7S/c1-32-19-10-13(12-24-25-21(27)14-3-2-4-15(23)11-14)9-18(22)20(19)33-34(30,31)17-7-5-16(6-8-17)26(28)29/h2-12H,1H3,(H,25,27)/b24-12+. The summed E-state index contributed by atoms with van der Waals surface area (Å²) in [5, 5.41) is 14.7. The number of methoxy groups -OCH3 is 1. The number of nitrogens with zero attached hydrogens (tertiary/aromatic N) is 2. The molecule has 3 rings (SSSR count). The minimum absolute atomic E-state index is 0.0743. The zero-order valence-corrected chi connectivity index (χ0v) is 21.8. The number of halogens is 2. The molecule has 13 heteroatoms. The molecule has 0 bridgehead atoms. The van der Waals surface area contributed by atoms with E-state index in [0.717, 1.165) is 27.8 Å². The van der Waals surface area contributed by atoms with E-state index in [2.05, 4.69) is 49.0 Å². The fraction of sp³-hybridized carbons (Fsp3) is 0.0476. The molecule has 0 atom stereocenters. The van der Waals surface area contributed by atoms with Gasteiger partial charge >= 0.3 is 10.1 Å². The zero-order chi connectivity index (χ0) is 24.9. The molecule has 34 heavy (non-hydrogen) atoms. The summed E-state index contributed by atoms with van der Waals surface area (Å²) in [5.74, 6) is -0.443. The van der Waals surface area contributed by atoms with E-state index >= 15 is 0 Å². The summed E-state index contributed by atoms with van der Waals surface area (Å²) in [7, 11) is -2.98. The Hall–Kier alpha value is -3.04. The predicted octanol–water partition coefficient (Wildman–Crippen LogP) is 4.50. The van der Waals surface area contributed by atoms with Crippen molar-refractivity contribution < 1.29 is 27.1 Å². The molecule has 0 aliphatic heterocycles. The van der Waals surface area contributed by atoms with Crippen molar-refractivity contribution in [1.29, 1.82) is 0 Å². The van der Waals surface area contributed by atoms with Gasteiger partial charge in [0.15, 0.2) is 11.5 Å². The number of hydrazone groups is 1. The van der Waals surface area contributed by atoms with Crippen molar-refractivity contribution in [3.05, 3.63) is 89.9 Å². The van der Waals surface area contributed by atoms with Gasteiger partial charge < -0.3 is 8.92 Å². The van der Waals surface area contributed by atoms with E-state index in [1.165, 1.54) is 25.5 Å². The second-order valence-corrected chi connectivity index (χ2v) is 10.2. The molecule has 0 spiro atoms. The number of nitro benzene ring substituents is 1. The first-order valence-corrected chi connectivity index (χ1v) is 12.5. The number of rotatable bonds is 8. The lowest BCUT2D eigenvalue weighted by molar-refractivity contribution is -0.384. The Bertz CT molecular complexity index is 1380. The van der Waals surface area contributed by atoms with Gasteiger partial charge in [0.2, 0.25) is 0 Å². The number of carbonyl (C=O) groups excluding carboxylic acids is 1. The van der Waals surface area contributed by atoms with Crippen molar-refractivity contribution >= 4 is 66.4 Å². The molecule has 0 aliphatic carbocycles. The topological polar surface area (TPSA) is 137 Å². The van der Waals surface area contributed by atoms with Gasteiger partial charge in [-0.25, -0.2) is 5.43 Å². The third kappa shape index (κ3) is 6.30. The largest absolute Gasteiger partial charge is 0.493 e. The predicted molar refractivity (Wildman–Crippen MR) is 136 cm³/mol. The number of carbonyl (C=O) groups is 1. The van der Waals surface area contributed by atoms with E-state index in [1.54, 1.807) is 18.2 Å². The second-order valence-electron chi connectivity index (χ2n) is 6.53. The van der Waals surface area contributed by atoms with Crippen LogP contribution in [0.4, 0.5) is 5.69 Å². The molecule has 0 unspecified atom stereocenters. The highest BCUT2D eigenvalue weighted by atomic mass is 127. The molecular formula is C21H15BrIN3O7S. The number of hydrogen-bond acceptors (Lipinski definition) is 8. The van der Waals surface area contributed by atoms with Crippen LogP contribution in [0.25, 0.3) is 0 Å². The van der Waals surface area contributed by atoms with Crippen LogP contribution in [0, 0.1) is 13.7 Å². The summed E-state index contributed by atoms with van der Waals surface area (Å²) in [4.78, 5) is 22.1. The van der Waals surface area contributed by atoms with Gasteiger partial charge in [-0.05, 0) is 86.5 Å². The molecule has 0 fully saturated rings. The van der Waals surface area contributed by atoms with E-state index in [1.807, 2.05) is 6.07 Å². The van der Waals surface area contributed by atoms with Gasteiger partial charge in [-0.2, -0.15) is 13.5 Å². The highest BCUT2D eigenvalue weighted by Crippen LogP contribution is 2.38. The average molecular weight is 660 g/mol. The lowest BCUT2D eigenvalue weighted by Gasteiger charge is -2.13. The van der Waals surface area contributed by atoms with E-state index < -0.39 is 20.9 Å². The normalized spacial score (nSPS) is 11.3. The van der Waals surface area contributed by atoms with Gasteiger partial charge in [0, 0.05) is 21.3 Å². The summed E-state index contributed by atoms with van der Waals surface area (Å²) < 4.78 is 36.9. The monoisotopic (exact) mass is 659 g/mol. The minimum Gasteiger partial charge on any atom is -0.493 e. The number of benzene rings is 3. The highest BCUT2D eigenvalue weighted by Gasteiger charge is 2.23. The summed E-state index contributed by atoms with van der Waals surface area (Å²) in [6.45, 7) is 0. The van der Waals surface area contributed by atoms with Crippen molar-refractivity contribution in [2.75, 3.05) is 7.11 Å². The van der Waals surface area contributed by atoms with Crippen molar-refractivity contribution in [3.8, 4) is 11.5 Å². The summed E-state index contributed by atoms with van der Waals surface area (Å²) in [6, 6.07) is 14.2. The Kier molecular flexibility index (Phi) is 8.22. The molecule has 0 aliphatic rings. The molecule has 0 radical (unpaired) electrons. The van der Waals surface area contributed by atoms with Gasteiger partial charge in [-0.15, -0.1) is 0 Å². The lowest BCUT2D eigenvalue weighted by atomic mass is 10.2. The molecule has 0 saturated heterocycles. The second kappa shape index (κ2) is 10.9. The number of ether oxygens (including phenoxy) is 1.